The van der Waals surface area contributed by atoms with Crippen molar-refractivity contribution in [3.05, 3.63) is 192 Å². The molecule has 5 aliphatic rings. The predicted octanol–water partition coefficient (Wildman–Crippen LogP) is 10.7. The van der Waals surface area contributed by atoms with Crippen LogP contribution in [0.4, 0.5) is 0 Å². The van der Waals surface area contributed by atoms with Crippen molar-refractivity contribution in [2.45, 2.75) is 105 Å². The summed E-state index contributed by atoms with van der Waals surface area (Å²) in [6.45, 7) is 26.9. The van der Waals surface area contributed by atoms with E-state index >= 15 is 0 Å². The number of nitrogens with zero attached hydrogens (tertiary/aromatic N) is 4. The van der Waals surface area contributed by atoms with E-state index in [1.165, 1.54) is 22.3 Å². The zero-order valence-electron chi connectivity index (χ0n) is 41.5. The molecule has 0 aromatic heterocycles. The Morgan fingerprint density at radius 1 is 0.420 bits per heavy atom. The third-order valence-electron chi connectivity index (χ3n) is 14.1. The van der Waals surface area contributed by atoms with Gasteiger partial charge in [0, 0.05) is 21.9 Å². The molecule has 6 aromatic carbocycles. The van der Waals surface area contributed by atoms with Gasteiger partial charge in [0.1, 0.15) is 0 Å². The number of allylic oxidation sites excluding steroid dienone is 6. The Hall–Kier alpha value is -6.69. The maximum atomic E-state index is 14.8. The quantitative estimate of drug-likeness (QED) is 0.162. The van der Waals surface area contributed by atoms with Crippen molar-refractivity contribution in [3.8, 4) is 11.5 Å². The molecule has 0 radical (unpaired) electrons. The fraction of sp³-hybridized carbons (Fsp3) is 0.258. The zero-order valence-corrected chi connectivity index (χ0v) is 42.5. The summed E-state index contributed by atoms with van der Waals surface area (Å²) >= 11 is 0. The molecular weight excluding hydrogens is 891 g/mol. The van der Waals surface area contributed by atoms with Gasteiger partial charge in [-0.2, -0.15) is 0 Å². The molecule has 0 spiro atoms. The Labute approximate surface area is 414 Å². The van der Waals surface area contributed by atoms with Crippen molar-refractivity contribution in [1.29, 1.82) is 0 Å². The molecule has 11 rings (SSSR count). The van der Waals surface area contributed by atoms with Gasteiger partial charge in [0.15, 0.2) is 0 Å². The van der Waals surface area contributed by atoms with E-state index in [2.05, 4.69) is 132 Å². The van der Waals surface area contributed by atoms with Crippen LogP contribution in [0.1, 0.15) is 128 Å². The Morgan fingerprint density at radius 2 is 0.899 bits per heavy atom. The second-order valence-corrected chi connectivity index (χ2v) is 23.1. The third kappa shape index (κ3) is 7.52. The second kappa shape index (κ2) is 15.7. The van der Waals surface area contributed by atoms with Crippen molar-refractivity contribution in [2.24, 2.45) is 20.0 Å². The zero-order chi connectivity index (χ0) is 48.0. The van der Waals surface area contributed by atoms with Crippen molar-refractivity contribution in [1.82, 2.24) is 0 Å². The summed E-state index contributed by atoms with van der Waals surface area (Å²) in [5.41, 5.74) is 13.1. The van der Waals surface area contributed by atoms with Gasteiger partial charge in [-0.15, -0.1) is 0 Å². The largest absolute Gasteiger partial charge is 2.00 e. The van der Waals surface area contributed by atoms with E-state index in [0.717, 1.165) is 43.8 Å². The van der Waals surface area contributed by atoms with Gasteiger partial charge >= 0.3 is 16.5 Å². The van der Waals surface area contributed by atoms with E-state index in [4.69, 9.17) is 20.0 Å². The molecule has 0 atom stereocenters. The summed E-state index contributed by atoms with van der Waals surface area (Å²) in [6.07, 6.45) is 12.1. The fourth-order valence-corrected chi connectivity index (χ4v) is 10.1. The van der Waals surface area contributed by atoms with Crippen LogP contribution in [0, 0.1) is 0 Å². The maximum absolute atomic E-state index is 14.8. The molecule has 0 fully saturated rings. The Kier molecular flexibility index (Phi) is 10.5. The maximum Gasteiger partial charge on any atom is 2.00 e. The summed E-state index contributed by atoms with van der Waals surface area (Å²) in [5, 5.41) is 34.9. The van der Waals surface area contributed by atoms with Crippen molar-refractivity contribution in [2.75, 3.05) is 0 Å². The predicted molar refractivity (Wildman–Crippen MR) is 278 cm³/mol. The third-order valence-corrected chi connectivity index (χ3v) is 14.1. The summed E-state index contributed by atoms with van der Waals surface area (Å²) in [5.74, 6) is -0.143. The molecule has 5 heterocycles. The van der Waals surface area contributed by atoms with Crippen molar-refractivity contribution < 1.29 is 26.7 Å². The molecule has 0 saturated heterocycles. The number of hydrogen-bond donors (Lipinski definition) is 0. The summed E-state index contributed by atoms with van der Waals surface area (Å²) < 4.78 is 0. The minimum absolute atomic E-state index is 0. The molecule has 0 amide bonds. The SMILES string of the molecule is CC(C)(C)c1cc(C2=C3C=CC(=N3)c3c4c(c([O-])c5ccccc35)=CC(=C(c3cc(C(C)(C)C)cc(C(C)(C)C)c3)C3=NC(=c5c6c(c([O-])c7ccccc57)C=C2N=6)C=C3)N=4)cc(C(C)(C)C)c1.[Ni+2]. The smallest absolute Gasteiger partial charge is 0.872 e. The number of aliphatic imine (C=N–C) groups is 2. The first-order chi connectivity index (χ1) is 32.0. The van der Waals surface area contributed by atoms with Gasteiger partial charge in [-0.25, -0.2) is 20.0 Å². The molecule has 5 aliphatic heterocycles. The topological polar surface area (TPSA) is 95.6 Å². The van der Waals surface area contributed by atoms with Crippen LogP contribution in [0.5, 0.6) is 11.5 Å². The Balaban J connectivity index is 0.00000553. The van der Waals surface area contributed by atoms with Crippen LogP contribution in [-0.4, -0.2) is 11.4 Å². The molecule has 6 aromatic rings. The summed E-state index contributed by atoms with van der Waals surface area (Å²) in [7, 11) is 0. The van der Waals surface area contributed by atoms with Crippen LogP contribution >= 0.6 is 0 Å². The molecule has 69 heavy (non-hydrogen) atoms. The minimum Gasteiger partial charge on any atom is -0.872 e. The molecule has 0 aliphatic carbocycles. The van der Waals surface area contributed by atoms with Crippen molar-refractivity contribution >= 4 is 62.0 Å². The standard InChI is InChI=1S/C62H58N4O2.Ni/c1-59(2,3)35-25-33(26-36(29-35)60(4,5)6)51-45-21-23-47(63-45)53-39-17-13-16-20-42(39)58(68)44-32-50(66-56(44)53)52(34-27-37(61(7,8)9)30-38(28-34)62(10,11)12)46-22-24-48(64-46)54-40-18-14-15-19-41(40)57(67)43-31-49(51)65-55(43)54;/h13-32,67-68H,1-12H3;/q;+2/p-2. The van der Waals surface area contributed by atoms with Gasteiger partial charge in [-0.1, -0.05) is 180 Å². The van der Waals surface area contributed by atoms with Gasteiger partial charge in [0.05, 0.1) is 44.9 Å². The van der Waals surface area contributed by atoms with Gasteiger partial charge in [-0.3, -0.25) is 0 Å². The van der Waals surface area contributed by atoms with Crippen LogP contribution < -0.4 is 31.4 Å². The summed E-state index contributed by atoms with van der Waals surface area (Å²) in [6, 6.07) is 29.3. The average Bonchev–Trinajstić information content (AvgIpc) is 4.11. The van der Waals surface area contributed by atoms with Crippen LogP contribution in [0.2, 0.25) is 0 Å². The van der Waals surface area contributed by atoms with E-state index in [9.17, 15) is 10.2 Å². The molecular formula is C62H56N4NiO2. The van der Waals surface area contributed by atoms with Gasteiger partial charge in [0.2, 0.25) is 0 Å². The van der Waals surface area contributed by atoms with Crippen LogP contribution in [-0.2, 0) is 38.2 Å². The number of benzene rings is 6. The van der Waals surface area contributed by atoms with Gasteiger partial charge in [0.25, 0.3) is 0 Å². The molecule has 0 unspecified atom stereocenters. The van der Waals surface area contributed by atoms with Crippen molar-refractivity contribution in [3.63, 3.8) is 0 Å². The number of rotatable bonds is 2. The molecule has 7 heteroatoms. The minimum atomic E-state index is -0.165. The normalized spacial score (nSPS) is 16.2. The first-order valence-corrected chi connectivity index (χ1v) is 23.8. The van der Waals surface area contributed by atoms with Crippen LogP contribution in [0.25, 0.3) is 50.5 Å². The first-order valence-electron chi connectivity index (χ1n) is 23.8. The van der Waals surface area contributed by atoms with Crippen LogP contribution in [0.3, 0.4) is 0 Å². The number of hydrogen-bond acceptors (Lipinski definition) is 6. The molecule has 8 bridgehead atoms. The fourth-order valence-electron chi connectivity index (χ4n) is 10.1. The van der Waals surface area contributed by atoms with E-state index in [-0.39, 0.29) is 49.7 Å². The second-order valence-electron chi connectivity index (χ2n) is 23.1. The molecule has 346 valence electrons. The Morgan fingerprint density at radius 3 is 1.46 bits per heavy atom. The monoisotopic (exact) mass is 946 g/mol. The molecule has 0 N–H and O–H groups in total. The van der Waals surface area contributed by atoms with E-state index in [1.54, 1.807) is 0 Å². The average molecular weight is 948 g/mol. The van der Waals surface area contributed by atoms with Crippen LogP contribution in [0.15, 0.2) is 146 Å². The Bertz CT molecular complexity index is 3760. The molecule has 0 saturated carbocycles. The van der Waals surface area contributed by atoms with E-state index in [1.807, 2.05) is 72.8 Å². The van der Waals surface area contributed by atoms with E-state index in [0.29, 0.717) is 66.5 Å². The van der Waals surface area contributed by atoms with E-state index < -0.39 is 0 Å². The van der Waals surface area contributed by atoms with Gasteiger partial charge in [-0.05, 0) is 124 Å². The molecule has 6 nitrogen and oxygen atoms in total. The number of fused-ring (bicyclic) bond motifs is 9. The summed E-state index contributed by atoms with van der Waals surface area (Å²) in [4.78, 5) is 22.1. The first kappa shape index (κ1) is 46.1. The van der Waals surface area contributed by atoms with Gasteiger partial charge < -0.3 is 10.2 Å².